The molecule has 0 aromatic heterocycles. The molecular weight excluding hydrogens is 410 g/mol. The van der Waals surface area contributed by atoms with Gasteiger partial charge in [-0.15, -0.1) is 11.8 Å². The lowest BCUT2D eigenvalue weighted by atomic mass is 10.2. The predicted octanol–water partition coefficient (Wildman–Crippen LogP) is 3.80. The Labute approximate surface area is 155 Å². The van der Waals surface area contributed by atoms with Gasteiger partial charge in [0.15, 0.2) is 0 Å². The Balaban J connectivity index is 1.71. The summed E-state index contributed by atoms with van der Waals surface area (Å²) in [4.78, 5) is 35.7. The van der Waals surface area contributed by atoms with Crippen LogP contribution in [0.4, 0.5) is 17.1 Å². The van der Waals surface area contributed by atoms with Crippen molar-refractivity contribution < 1.29 is 14.5 Å². The van der Waals surface area contributed by atoms with Crippen molar-refractivity contribution in [3.05, 3.63) is 57.1 Å². The van der Waals surface area contributed by atoms with Crippen LogP contribution in [0, 0.1) is 10.1 Å². The quantitative estimate of drug-likeness (QED) is 0.577. The fourth-order valence-electron chi connectivity index (χ4n) is 2.37. The number of thioether (sulfide) groups is 1. The molecular formula is C16H12BrN3O4S. The lowest BCUT2D eigenvalue weighted by molar-refractivity contribution is -0.383. The first-order valence-corrected chi connectivity index (χ1v) is 8.91. The highest BCUT2D eigenvalue weighted by Crippen LogP contribution is 2.38. The van der Waals surface area contributed by atoms with Crippen molar-refractivity contribution in [2.45, 2.75) is 16.6 Å². The molecule has 25 heavy (non-hydrogen) atoms. The lowest BCUT2D eigenvalue weighted by Gasteiger charge is -2.23. The maximum atomic E-state index is 12.2. The van der Waals surface area contributed by atoms with Crippen molar-refractivity contribution in [1.29, 1.82) is 0 Å². The molecule has 2 aromatic rings. The van der Waals surface area contributed by atoms with Gasteiger partial charge in [-0.1, -0.05) is 28.1 Å². The molecule has 128 valence electrons. The maximum absolute atomic E-state index is 12.2. The van der Waals surface area contributed by atoms with Crippen LogP contribution >= 0.6 is 27.7 Å². The molecule has 1 heterocycles. The minimum Gasteiger partial charge on any atom is -0.324 e. The lowest BCUT2D eigenvalue weighted by Crippen LogP contribution is -2.32. The van der Waals surface area contributed by atoms with Crippen molar-refractivity contribution in [3.8, 4) is 0 Å². The van der Waals surface area contributed by atoms with Crippen LogP contribution in [-0.2, 0) is 9.59 Å². The van der Waals surface area contributed by atoms with Gasteiger partial charge >= 0.3 is 0 Å². The van der Waals surface area contributed by atoms with Gasteiger partial charge in [0.2, 0.25) is 11.8 Å². The van der Waals surface area contributed by atoms with Crippen LogP contribution in [0.25, 0.3) is 0 Å². The molecule has 1 unspecified atom stereocenters. The summed E-state index contributed by atoms with van der Waals surface area (Å²) in [6.45, 7) is 0. The van der Waals surface area contributed by atoms with Crippen LogP contribution in [0.2, 0.25) is 0 Å². The van der Waals surface area contributed by atoms with Crippen molar-refractivity contribution in [2.24, 2.45) is 0 Å². The van der Waals surface area contributed by atoms with E-state index < -0.39 is 16.1 Å². The number of anilines is 2. The number of carbonyl (C=O) groups is 2. The molecule has 0 aliphatic carbocycles. The monoisotopic (exact) mass is 421 g/mol. The Morgan fingerprint density at radius 2 is 2.08 bits per heavy atom. The average Bonchev–Trinajstić information content (AvgIpc) is 2.56. The number of hydrogen-bond acceptors (Lipinski definition) is 5. The molecule has 1 aliphatic rings. The summed E-state index contributed by atoms with van der Waals surface area (Å²) in [6, 6.07) is 11.4. The number of nitro groups is 1. The molecule has 0 radical (unpaired) electrons. The van der Waals surface area contributed by atoms with Crippen LogP contribution in [0.5, 0.6) is 0 Å². The van der Waals surface area contributed by atoms with Crippen LogP contribution < -0.4 is 10.6 Å². The fraction of sp³-hybridized carbons (Fsp3) is 0.125. The summed E-state index contributed by atoms with van der Waals surface area (Å²) in [6.07, 6.45) is -0.0853. The van der Waals surface area contributed by atoms with Gasteiger partial charge in [-0.25, -0.2) is 0 Å². The molecule has 7 nitrogen and oxygen atoms in total. The highest BCUT2D eigenvalue weighted by atomic mass is 79.9. The number of rotatable bonds is 4. The zero-order chi connectivity index (χ0) is 18.0. The van der Waals surface area contributed by atoms with Crippen LogP contribution in [-0.4, -0.2) is 22.0 Å². The number of nitro benzene ring substituents is 1. The summed E-state index contributed by atoms with van der Waals surface area (Å²) < 4.78 is 0.847. The first-order chi connectivity index (χ1) is 11.9. The molecule has 3 rings (SSSR count). The Hall–Kier alpha value is -2.39. The number of halogens is 1. The van der Waals surface area contributed by atoms with Gasteiger partial charge in [0.1, 0.15) is 5.69 Å². The first kappa shape index (κ1) is 17.4. The second-order valence-corrected chi connectivity index (χ2v) is 7.42. The average molecular weight is 422 g/mol. The smallest absolute Gasteiger partial charge is 0.292 e. The highest BCUT2D eigenvalue weighted by molar-refractivity contribution is 9.10. The second kappa shape index (κ2) is 7.24. The van der Waals surface area contributed by atoms with Gasteiger partial charge in [0.25, 0.3) is 5.69 Å². The van der Waals surface area contributed by atoms with E-state index >= 15 is 0 Å². The number of amides is 2. The summed E-state index contributed by atoms with van der Waals surface area (Å²) in [5.41, 5.74) is 0.620. The molecule has 2 N–H and O–H groups in total. The largest absolute Gasteiger partial charge is 0.324 e. The topological polar surface area (TPSA) is 101 Å². The molecule has 0 saturated carbocycles. The third-order valence-corrected chi connectivity index (χ3v) is 5.28. The third-order valence-electron chi connectivity index (χ3n) is 3.51. The van der Waals surface area contributed by atoms with Crippen molar-refractivity contribution >= 4 is 56.6 Å². The number of carbonyl (C=O) groups excluding carboxylic acids is 2. The minimum absolute atomic E-state index is 0.0853. The molecule has 0 spiro atoms. The number of nitrogens with one attached hydrogen (secondary N) is 2. The van der Waals surface area contributed by atoms with E-state index in [9.17, 15) is 19.7 Å². The second-order valence-electron chi connectivity index (χ2n) is 5.26. The van der Waals surface area contributed by atoms with Gasteiger partial charge in [-0.3, -0.25) is 19.7 Å². The standard InChI is InChI=1S/C16H12BrN3O4S/c17-9-5-6-13-11(7-9)19-16(22)14(25-13)8-15(21)18-10-3-1-2-4-12(10)20(23)24/h1-7,14H,8H2,(H,18,21)(H,19,22). The van der Waals surface area contributed by atoms with Crippen molar-refractivity contribution in [1.82, 2.24) is 0 Å². The predicted molar refractivity (Wildman–Crippen MR) is 98.8 cm³/mol. The highest BCUT2D eigenvalue weighted by Gasteiger charge is 2.29. The number of nitrogens with zero attached hydrogens (tertiary/aromatic N) is 1. The summed E-state index contributed by atoms with van der Waals surface area (Å²) in [5.74, 6) is -0.726. The molecule has 0 saturated heterocycles. The number of benzene rings is 2. The Bertz CT molecular complexity index is 874. The Kier molecular flexibility index (Phi) is 5.05. The normalized spacial score (nSPS) is 15.9. The van der Waals surface area contributed by atoms with E-state index in [2.05, 4.69) is 26.6 Å². The van der Waals surface area contributed by atoms with E-state index in [1.165, 1.54) is 30.0 Å². The van der Waals surface area contributed by atoms with E-state index in [-0.39, 0.29) is 23.7 Å². The fourth-order valence-corrected chi connectivity index (χ4v) is 3.82. The van der Waals surface area contributed by atoms with Gasteiger partial charge in [0, 0.05) is 21.9 Å². The van der Waals surface area contributed by atoms with Gasteiger partial charge in [-0.05, 0) is 24.3 Å². The molecule has 2 aromatic carbocycles. The zero-order valence-corrected chi connectivity index (χ0v) is 15.1. The summed E-state index contributed by atoms with van der Waals surface area (Å²) in [7, 11) is 0. The van der Waals surface area contributed by atoms with E-state index in [0.717, 1.165) is 9.37 Å². The molecule has 1 atom stereocenters. The summed E-state index contributed by atoms with van der Waals surface area (Å²) in [5, 5.41) is 15.7. The number of para-hydroxylation sites is 2. The minimum atomic E-state index is -0.601. The molecule has 2 amide bonds. The van der Waals surface area contributed by atoms with E-state index in [0.29, 0.717) is 5.69 Å². The van der Waals surface area contributed by atoms with Gasteiger partial charge in [-0.2, -0.15) is 0 Å². The molecule has 0 bridgehead atoms. The van der Waals surface area contributed by atoms with Crippen LogP contribution in [0.3, 0.4) is 0 Å². The van der Waals surface area contributed by atoms with E-state index in [4.69, 9.17) is 0 Å². The van der Waals surface area contributed by atoms with Gasteiger partial charge < -0.3 is 10.6 Å². The van der Waals surface area contributed by atoms with Crippen LogP contribution in [0.15, 0.2) is 51.8 Å². The number of hydrogen-bond donors (Lipinski definition) is 2. The van der Waals surface area contributed by atoms with E-state index in [1.54, 1.807) is 12.1 Å². The Morgan fingerprint density at radius 1 is 1.32 bits per heavy atom. The third kappa shape index (κ3) is 3.99. The first-order valence-electron chi connectivity index (χ1n) is 7.24. The van der Waals surface area contributed by atoms with Crippen molar-refractivity contribution in [2.75, 3.05) is 10.6 Å². The van der Waals surface area contributed by atoms with Crippen LogP contribution in [0.1, 0.15) is 6.42 Å². The molecule has 1 aliphatic heterocycles. The van der Waals surface area contributed by atoms with E-state index in [1.807, 2.05) is 12.1 Å². The SMILES string of the molecule is O=C(CC1Sc2ccc(Br)cc2NC1=O)Nc1ccccc1[N+](=O)[O-]. The maximum Gasteiger partial charge on any atom is 0.292 e. The molecule has 9 heteroatoms. The molecule has 0 fully saturated rings. The van der Waals surface area contributed by atoms with Gasteiger partial charge in [0.05, 0.1) is 15.9 Å². The van der Waals surface area contributed by atoms with Crippen molar-refractivity contribution in [3.63, 3.8) is 0 Å². The summed E-state index contributed by atoms with van der Waals surface area (Å²) >= 11 is 4.64. The number of fused-ring (bicyclic) bond motifs is 1. The Morgan fingerprint density at radius 3 is 2.84 bits per heavy atom. The zero-order valence-electron chi connectivity index (χ0n) is 12.7.